The highest BCUT2D eigenvalue weighted by Gasteiger charge is 2.47. The number of nitrogens with zero attached hydrogens (tertiary/aromatic N) is 2. The van der Waals surface area contributed by atoms with Crippen LogP contribution in [0.25, 0.3) is 17.7 Å². The summed E-state index contributed by atoms with van der Waals surface area (Å²) in [6.45, 7) is 0. The Hall–Kier alpha value is -3.77. The van der Waals surface area contributed by atoms with Crippen LogP contribution < -0.4 is 10.6 Å². The summed E-state index contributed by atoms with van der Waals surface area (Å²) < 4.78 is 15.1. The Bertz CT molecular complexity index is 1310. The van der Waals surface area contributed by atoms with Gasteiger partial charge in [-0.25, -0.2) is 0 Å². The first-order valence-electron chi connectivity index (χ1n) is 10.5. The summed E-state index contributed by atoms with van der Waals surface area (Å²) in [5, 5.41) is 1.29. The smallest absolute Gasteiger partial charge is 0.344 e. The third-order valence-corrected chi connectivity index (χ3v) is 9.02. The first kappa shape index (κ1) is 20.2. The van der Waals surface area contributed by atoms with Crippen molar-refractivity contribution in [2.24, 2.45) is 0 Å². The van der Waals surface area contributed by atoms with Crippen LogP contribution in [0.3, 0.4) is 0 Å². The highest BCUT2D eigenvalue weighted by Crippen LogP contribution is 2.51. The van der Waals surface area contributed by atoms with E-state index in [4.69, 9.17) is 0 Å². The van der Waals surface area contributed by atoms with E-state index in [0.717, 1.165) is 22.3 Å². The molecule has 32 heavy (non-hydrogen) atoms. The third kappa shape index (κ3) is 3.29. The lowest BCUT2D eigenvalue weighted by Crippen LogP contribution is -2.28. The Morgan fingerprint density at radius 1 is 0.625 bits per heavy atom. The maximum Gasteiger partial charge on any atom is 0.344 e. The fraction of sp³-hybridized carbons (Fsp3) is 0.0357. The number of hydrogen-bond acceptors (Lipinski definition) is 1. The van der Waals surface area contributed by atoms with Gasteiger partial charge in [0.2, 0.25) is 7.14 Å². The third-order valence-electron chi connectivity index (χ3n) is 5.98. The van der Waals surface area contributed by atoms with Crippen molar-refractivity contribution in [3.63, 3.8) is 0 Å². The molecular formula is C28H21N2OP. The zero-order valence-electron chi connectivity index (χ0n) is 17.4. The molecule has 0 N–H and O–H groups in total. The summed E-state index contributed by atoms with van der Waals surface area (Å²) in [7, 11) is -3.46. The van der Waals surface area contributed by atoms with Gasteiger partial charge in [-0.2, -0.15) is 4.79 Å². The molecule has 0 spiro atoms. The minimum Gasteiger partial charge on any atom is -0.361 e. The highest BCUT2D eigenvalue weighted by atomic mass is 31.2. The molecule has 1 aliphatic carbocycles. The first-order valence-corrected chi connectivity index (χ1v) is 12.2. The van der Waals surface area contributed by atoms with E-state index >= 15 is 4.57 Å². The standard InChI is InChI=1S/C28H21N2OP/c29-30-28(32(31,23-13-3-1-4-14-23)24-15-5-2-6-16-24)27-25-17-9-7-11-21(25)19-20-22-12-8-10-18-26(22)27/h1-20,27H. The summed E-state index contributed by atoms with van der Waals surface area (Å²) >= 11 is 0. The Balaban J connectivity index is 1.84. The van der Waals surface area contributed by atoms with Crippen molar-refractivity contribution >= 4 is 35.4 Å². The number of fused-ring (bicyclic) bond motifs is 2. The van der Waals surface area contributed by atoms with Crippen molar-refractivity contribution in [2.75, 3.05) is 0 Å². The largest absolute Gasteiger partial charge is 0.361 e. The summed E-state index contributed by atoms with van der Waals surface area (Å²) in [4.78, 5) is 3.80. The average molecular weight is 432 g/mol. The molecule has 0 unspecified atom stereocenters. The van der Waals surface area contributed by atoms with E-state index in [2.05, 4.69) is 16.9 Å². The van der Waals surface area contributed by atoms with E-state index in [1.807, 2.05) is 109 Å². The van der Waals surface area contributed by atoms with Crippen LogP contribution >= 0.6 is 7.14 Å². The van der Waals surface area contributed by atoms with Gasteiger partial charge in [-0.15, -0.1) is 0 Å². The minimum atomic E-state index is -3.46. The van der Waals surface area contributed by atoms with Crippen molar-refractivity contribution in [1.82, 2.24) is 0 Å². The summed E-state index contributed by atoms with van der Waals surface area (Å²) in [6.07, 6.45) is 4.14. The van der Waals surface area contributed by atoms with Crippen LogP contribution in [0.1, 0.15) is 28.2 Å². The number of hydrogen-bond donors (Lipinski definition) is 0. The lowest BCUT2D eigenvalue weighted by Gasteiger charge is -2.23. The molecule has 5 rings (SSSR count). The molecule has 0 amide bonds. The van der Waals surface area contributed by atoms with E-state index in [1.165, 1.54) is 0 Å². The Morgan fingerprint density at radius 3 is 1.47 bits per heavy atom. The minimum absolute atomic E-state index is 0.262. The predicted octanol–water partition coefficient (Wildman–Crippen LogP) is 5.94. The van der Waals surface area contributed by atoms with Gasteiger partial charge in [0.05, 0.1) is 0 Å². The molecular weight excluding hydrogens is 411 g/mol. The van der Waals surface area contributed by atoms with Gasteiger partial charge in [0.15, 0.2) is 0 Å². The maximum absolute atomic E-state index is 15.1. The summed E-state index contributed by atoms with van der Waals surface area (Å²) in [5.74, 6) is -0.464. The van der Waals surface area contributed by atoms with Gasteiger partial charge in [-0.1, -0.05) is 121 Å². The van der Waals surface area contributed by atoms with Crippen molar-refractivity contribution in [3.8, 4) is 0 Å². The topological polar surface area (TPSA) is 53.5 Å². The number of benzene rings is 4. The van der Waals surface area contributed by atoms with E-state index in [1.54, 1.807) is 0 Å². The molecule has 0 saturated carbocycles. The van der Waals surface area contributed by atoms with Gasteiger partial charge >= 0.3 is 5.45 Å². The van der Waals surface area contributed by atoms with Crippen molar-refractivity contribution in [1.29, 1.82) is 0 Å². The fourth-order valence-electron chi connectivity index (χ4n) is 4.47. The van der Waals surface area contributed by atoms with Gasteiger partial charge in [0.1, 0.15) is 5.92 Å². The van der Waals surface area contributed by atoms with Crippen LogP contribution in [0.2, 0.25) is 0 Å². The lowest BCUT2D eigenvalue weighted by molar-refractivity contribution is -0.00393. The van der Waals surface area contributed by atoms with Gasteiger partial charge in [0, 0.05) is 10.6 Å². The lowest BCUT2D eigenvalue weighted by atomic mass is 9.88. The average Bonchev–Trinajstić information content (AvgIpc) is 3.03. The van der Waals surface area contributed by atoms with Crippen LogP contribution in [0.5, 0.6) is 0 Å². The van der Waals surface area contributed by atoms with Crippen LogP contribution in [-0.4, -0.2) is 10.2 Å². The van der Waals surface area contributed by atoms with Crippen LogP contribution in [0.4, 0.5) is 0 Å². The molecule has 0 aliphatic heterocycles. The second kappa shape index (κ2) is 8.40. The molecule has 154 valence electrons. The summed E-state index contributed by atoms with van der Waals surface area (Å²) in [6, 6.07) is 34.7. The molecule has 4 aromatic rings. The molecule has 4 aromatic carbocycles. The first-order chi connectivity index (χ1) is 15.7. The quantitative estimate of drug-likeness (QED) is 0.170. The van der Waals surface area contributed by atoms with Crippen LogP contribution in [0, 0.1) is 0 Å². The highest BCUT2D eigenvalue weighted by molar-refractivity contribution is 7.93. The summed E-state index contributed by atoms with van der Waals surface area (Å²) in [5.41, 5.74) is 14.7. The molecule has 1 aliphatic rings. The normalized spacial score (nSPS) is 12.9. The molecule has 0 atom stereocenters. The van der Waals surface area contributed by atoms with Gasteiger partial charge < -0.3 is 10.1 Å². The second-order valence-corrected chi connectivity index (χ2v) is 10.5. The van der Waals surface area contributed by atoms with Crippen molar-refractivity contribution < 1.29 is 9.35 Å². The van der Waals surface area contributed by atoms with Crippen LogP contribution in [0.15, 0.2) is 109 Å². The SMILES string of the molecule is [N-]=[N+]=C(C1c2ccccc2C=Cc2ccccc21)P(=O)(c1ccccc1)c1ccccc1. The molecule has 0 fully saturated rings. The molecule has 0 heterocycles. The molecule has 0 aromatic heterocycles. The van der Waals surface area contributed by atoms with Crippen LogP contribution in [-0.2, 0) is 4.57 Å². The van der Waals surface area contributed by atoms with E-state index in [0.29, 0.717) is 10.6 Å². The van der Waals surface area contributed by atoms with Crippen molar-refractivity contribution in [3.05, 3.63) is 137 Å². The molecule has 0 radical (unpaired) electrons. The molecule has 3 nitrogen and oxygen atoms in total. The van der Waals surface area contributed by atoms with E-state index in [-0.39, 0.29) is 5.45 Å². The predicted molar refractivity (Wildman–Crippen MR) is 132 cm³/mol. The van der Waals surface area contributed by atoms with E-state index < -0.39 is 13.1 Å². The van der Waals surface area contributed by atoms with Gasteiger partial charge in [-0.05, 0) is 22.3 Å². The molecule has 4 heteroatoms. The Kier molecular flexibility index (Phi) is 5.29. The maximum atomic E-state index is 15.1. The van der Waals surface area contributed by atoms with Gasteiger partial charge in [-0.3, -0.25) is 0 Å². The monoisotopic (exact) mass is 432 g/mol. The fourth-order valence-corrected chi connectivity index (χ4v) is 7.25. The zero-order chi connectivity index (χ0) is 22.0. The Morgan fingerprint density at radius 2 is 1.03 bits per heavy atom. The Labute approximate surface area is 187 Å². The van der Waals surface area contributed by atoms with E-state index in [9.17, 15) is 5.53 Å². The molecule has 0 saturated heterocycles. The zero-order valence-corrected chi connectivity index (χ0v) is 18.3. The van der Waals surface area contributed by atoms with Gasteiger partial charge in [0.25, 0.3) is 0 Å². The second-order valence-electron chi connectivity index (χ2n) is 7.76. The van der Waals surface area contributed by atoms with Crippen molar-refractivity contribution in [2.45, 2.75) is 5.92 Å². The molecule has 0 bridgehead atoms. The number of rotatable bonds is 4.